The van der Waals surface area contributed by atoms with Gasteiger partial charge in [-0.1, -0.05) is 5.16 Å². The Morgan fingerprint density at radius 3 is 2.81 bits per heavy atom. The molecule has 0 spiro atoms. The SMILES string of the molecule is CCOC(=O)N1CCN(Cc2cc(-c3cc(C#N)ccc3F)on2)CC1. The predicted molar refractivity (Wildman–Crippen MR) is 90.5 cm³/mol. The van der Waals surface area contributed by atoms with E-state index < -0.39 is 5.82 Å². The van der Waals surface area contributed by atoms with Gasteiger partial charge in [0.2, 0.25) is 0 Å². The van der Waals surface area contributed by atoms with E-state index in [4.69, 9.17) is 14.5 Å². The molecule has 136 valence electrons. The molecule has 8 heteroatoms. The number of halogens is 1. The molecule has 0 radical (unpaired) electrons. The summed E-state index contributed by atoms with van der Waals surface area (Å²) in [5.41, 5.74) is 1.25. The number of hydrogen-bond donors (Lipinski definition) is 0. The molecule has 0 atom stereocenters. The molecule has 1 saturated heterocycles. The number of ether oxygens (including phenoxy) is 1. The summed E-state index contributed by atoms with van der Waals surface area (Å²) < 4.78 is 24.2. The summed E-state index contributed by atoms with van der Waals surface area (Å²) in [5, 5.41) is 12.9. The fourth-order valence-corrected chi connectivity index (χ4v) is 2.83. The summed E-state index contributed by atoms with van der Waals surface area (Å²) in [5.74, 6) is -0.172. The monoisotopic (exact) mass is 358 g/mol. The third-order valence-corrected chi connectivity index (χ3v) is 4.20. The highest BCUT2D eigenvalue weighted by Gasteiger charge is 2.23. The lowest BCUT2D eigenvalue weighted by Crippen LogP contribution is -2.48. The van der Waals surface area contributed by atoms with Crippen LogP contribution in [-0.2, 0) is 11.3 Å². The van der Waals surface area contributed by atoms with Crippen molar-refractivity contribution in [2.45, 2.75) is 13.5 Å². The molecule has 2 heterocycles. The van der Waals surface area contributed by atoms with Crippen molar-refractivity contribution in [1.29, 1.82) is 5.26 Å². The first-order valence-corrected chi connectivity index (χ1v) is 8.40. The Balaban J connectivity index is 1.62. The summed E-state index contributed by atoms with van der Waals surface area (Å²) in [6.07, 6.45) is -0.288. The highest BCUT2D eigenvalue weighted by molar-refractivity contribution is 5.67. The quantitative estimate of drug-likeness (QED) is 0.836. The standard InChI is InChI=1S/C18H19FN4O3/c1-2-25-18(24)23-7-5-22(6-8-23)12-14-10-17(26-21-14)15-9-13(11-20)3-4-16(15)19/h3-4,9-10H,2,5-8,12H2,1H3. The number of hydrogen-bond acceptors (Lipinski definition) is 6. The summed E-state index contributed by atoms with van der Waals surface area (Å²) in [4.78, 5) is 15.5. The minimum atomic E-state index is -0.463. The lowest BCUT2D eigenvalue weighted by atomic mass is 10.1. The Hall–Kier alpha value is -2.92. The molecule has 0 aliphatic carbocycles. The first-order chi connectivity index (χ1) is 12.6. The fraction of sp³-hybridized carbons (Fsp3) is 0.389. The zero-order valence-corrected chi connectivity index (χ0v) is 14.4. The topological polar surface area (TPSA) is 82.6 Å². The van der Waals surface area contributed by atoms with Crippen LogP contribution in [0.4, 0.5) is 9.18 Å². The van der Waals surface area contributed by atoms with Gasteiger partial charge < -0.3 is 14.2 Å². The number of benzene rings is 1. The van der Waals surface area contributed by atoms with Crippen LogP contribution in [0, 0.1) is 17.1 Å². The molecule has 1 amide bonds. The molecule has 2 aromatic rings. The van der Waals surface area contributed by atoms with E-state index in [1.54, 1.807) is 17.9 Å². The molecule has 1 aromatic heterocycles. The summed E-state index contributed by atoms with van der Waals surface area (Å²) >= 11 is 0. The van der Waals surface area contributed by atoms with Crippen molar-refractivity contribution < 1.29 is 18.4 Å². The van der Waals surface area contributed by atoms with Crippen molar-refractivity contribution in [3.05, 3.63) is 41.3 Å². The highest BCUT2D eigenvalue weighted by atomic mass is 19.1. The molecule has 3 rings (SSSR count). The maximum absolute atomic E-state index is 14.0. The molecule has 0 N–H and O–H groups in total. The van der Waals surface area contributed by atoms with E-state index >= 15 is 0 Å². The number of carbonyl (C=O) groups excluding carboxylic acids is 1. The normalized spacial score (nSPS) is 14.9. The van der Waals surface area contributed by atoms with Crippen LogP contribution >= 0.6 is 0 Å². The molecule has 1 aliphatic rings. The zero-order chi connectivity index (χ0) is 18.5. The second-order valence-corrected chi connectivity index (χ2v) is 5.95. The van der Waals surface area contributed by atoms with E-state index in [9.17, 15) is 9.18 Å². The molecule has 0 unspecified atom stereocenters. The average Bonchev–Trinajstić information content (AvgIpc) is 3.11. The van der Waals surface area contributed by atoms with E-state index in [0.29, 0.717) is 56.3 Å². The van der Waals surface area contributed by atoms with Crippen molar-refractivity contribution in [3.63, 3.8) is 0 Å². The van der Waals surface area contributed by atoms with E-state index in [2.05, 4.69) is 10.1 Å². The lowest BCUT2D eigenvalue weighted by Gasteiger charge is -2.33. The number of nitrogens with zero attached hydrogens (tertiary/aromatic N) is 4. The van der Waals surface area contributed by atoms with Gasteiger partial charge in [-0.15, -0.1) is 0 Å². The van der Waals surface area contributed by atoms with Gasteiger partial charge in [0.1, 0.15) is 5.82 Å². The van der Waals surface area contributed by atoms with Crippen molar-refractivity contribution in [2.24, 2.45) is 0 Å². The minimum Gasteiger partial charge on any atom is -0.450 e. The highest BCUT2D eigenvalue weighted by Crippen LogP contribution is 2.25. The summed E-state index contributed by atoms with van der Waals surface area (Å²) in [7, 11) is 0. The third kappa shape index (κ3) is 4.00. The molecule has 7 nitrogen and oxygen atoms in total. The van der Waals surface area contributed by atoms with Crippen LogP contribution in [0.3, 0.4) is 0 Å². The third-order valence-electron chi connectivity index (χ3n) is 4.20. The Bertz CT molecular complexity index is 822. The van der Waals surface area contributed by atoms with Gasteiger partial charge in [0.25, 0.3) is 0 Å². The Morgan fingerprint density at radius 1 is 1.35 bits per heavy atom. The van der Waals surface area contributed by atoms with Crippen molar-refractivity contribution in [1.82, 2.24) is 15.0 Å². The molecule has 1 aromatic carbocycles. The number of carbonyl (C=O) groups is 1. The van der Waals surface area contributed by atoms with Crippen LogP contribution in [0.5, 0.6) is 0 Å². The number of piperazine rings is 1. The van der Waals surface area contributed by atoms with E-state index in [-0.39, 0.29) is 11.7 Å². The van der Waals surface area contributed by atoms with Crippen molar-refractivity contribution >= 4 is 6.09 Å². The van der Waals surface area contributed by atoms with Gasteiger partial charge in [0.15, 0.2) is 5.76 Å². The van der Waals surface area contributed by atoms with Gasteiger partial charge in [-0.3, -0.25) is 4.90 Å². The molecular weight excluding hydrogens is 339 g/mol. The van der Waals surface area contributed by atoms with E-state index in [1.807, 2.05) is 6.07 Å². The minimum absolute atomic E-state index is 0.218. The second kappa shape index (κ2) is 7.97. The van der Waals surface area contributed by atoms with E-state index in [1.165, 1.54) is 18.2 Å². The maximum atomic E-state index is 14.0. The van der Waals surface area contributed by atoms with Gasteiger partial charge in [-0.2, -0.15) is 5.26 Å². The zero-order valence-electron chi connectivity index (χ0n) is 14.4. The number of aromatic nitrogens is 1. The molecule has 1 fully saturated rings. The molecule has 0 bridgehead atoms. The average molecular weight is 358 g/mol. The summed E-state index contributed by atoms with van der Waals surface area (Å²) in [6.45, 7) is 5.25. The van der Waals surface area contributed by atoms with Crippen LogP contribution in [0.15, 0.2) is 28.8 Å². The van der Waals surface area contributed by atoms with Gasteiger partial charge in [0, 0.05) is 38.8 Å². The maximum Gasteiger partial charge on any atom is 0.409 e. The number of nitriles is 1. The van der Waals surface area contributed by atoms with Crippen LogP contribution in [0.2, 0.25) is 0 Å². The smallest absolute Gasteiger partial charge is 0.409 e. The van der Waals surface area contributed by atoms with Gasteiger partial charge in [-0.25, -0.2) is 9.18 Å². The first-order valence-electron chi connectivity index (χ1n) is 8.40. The van der Waals surface area contributed by atoms with E-state index in [0.717, 1.165) is 0 Å². The van der Waals surface area contributed by atoms with Crippen LogP contribution in [-0.4, -0.2) is 53.8 Å². The number of amides is 1. The predicted octanol–water partition coefficient (Wildman–Crippen LogP) is 2.63. The van der Waals surface area contributed by atoms with Crippen LogP contribution in [0.25, 0.3) is 11.3 Å². The second-order valence-electron chi connectivity index (χ2n) is 5.95. The summed E-state index contributed by atoms with van der Waals surface area (Å²) in [6, 6.07) is 7.76. The van der Waals surface area contributed by atoms with Crippen LogP contribution in [0.1, 0.15) is 18.2 Å². The Labute approximate surface area is 150 Å². The Morgan fingerprint density at radius 2 is 2.12 bits per heavy atom. The van der Waals surface area contributed by atoms with Gasteiger partial charge >= 0.3 is 6.09 Å². The van der Waals surface area contributed by atoms with Crippen molar-refractivity contribution in [3.8, 4) is 17.4 Å². The first kappa shape index (κ1) is 17.9. The Kier molecular flexibility index (Phi) is 5.49. The van der Waals surface area contributed by atoms with Gasteiger partial charge in [-0.05, 0) is 25.1 Å². The van der Waals surface area contributed by atoms with Crippen molar-refractivity contribution in [2.75, 3.05) is 32.8 Å². The molecule has 1 aliphatic heterocycles. The van der Waals surface area contributed by atoms with Gasteiger partial charge in [0.05, 0.1) is 29.5 Å². The number of rotatable bonds is 4. The largest absolute Gasteiger partial charge is 0.450 e. The molecule has 26 heavy (non-hydrogen) atoms. The van der Waals surface area contributed by atoms with Crippen LogP contribution < -0.4 is 0 Å². The fourth-order valence-electron chi connectivity index (χ4n) is 2.83. The molecule has 0 saturated carbocycles. The lowest BCUT2D eigenvalue weighted by molar-refractivity contribution is 0.0772. The molecular formula is C18H19FN4O3.